The van der Waals surface area contributed by atoms with Crippen molar-refractivity contribution < 1.29 is 20.1 Å². The highest BCUT2D eigenvalue weighted by Crippen LogP contribution is 2.47. The highest BCUT2D eigenvalue weighted by atomic mass is 16.3. The van der Waals surface area contributed by atoms with Gasteiger partial charge in [0.1, 0.15) is 17.3 Å². The molecule has 0 saturated carbocycles. The van der Waals surface area contributed by atoms with Crippen LogP contribution in [0.1, 0.15) is 62.3 Å². The molecule has 0 aromatic heterocycles. The molecule has 0 spiro atoms. The summed E-state index contributed by atoms with van der Waals surface area (Å²) in [7, 11) is 0. The van der Waals surface area contributed by atoms with E-state index >= 15 is 0 Å². The Hall–Kier alpha value is -3.01. The van der Waals surface area contributed by atoms with E-state index in [1.54, 1.807) is 6.07 Å². The molecule has 4 heteroatoms. The summed E-state index contributed by atoms with van der Waals surface area (Å²) >= 11 is 0. The van der Waals surface area contributed by atoms with Crippen molar-refractivity contribution in [2.75, 3.05) is 0 Å². The lowest BCUT2D eigenvalue weighted by atomic mass is 9.79. The minimum absolute atomic E-state index is 0.0377. The molecule has 1 aliphatic rings. The lowest BCUT2D eigenvalue weighted by molar-refractivity contribution is -0.116. The molecule has 2 aromatic carbocycles. The number of aliphatic hydroxyl groups is 1. The number of ketones is 1. The number of allylic oxidation sites excluding steroid dienone is 5. The van der Waals surface area contributed by atoms with E-state index in [1.165, 1.54) is 11.6 Å². The second-order valence-electron chi connectivity index (χ2n) is 8.29. The van der Waals surface area contributed by atoms with E-state index in [-0.39, 0.29) is 28.6 Å². The predicted octanol–water partition coefficient (Wildman–Crippen LogP) is 5.99. The molecule has 0 heterocycles. The predicted molar refractivity (Wildman–Crippen MR) is 118 cm³/mol. The number of carbonyl (C=O) groups excluding carboxylic acids is 1. The topological polar surface area (TPSA) is 77.8 Å². The van der Waals surface area contributed by atoms with Gasteiger partial charge in [-0.2, -0.15) is 0 Å². The van der Waals surface area contributed by atoms with Crippen molar-refractivity contribution in [2.24, 2.45) is 0 Å². The Labute approximate surface area is 171 Å². The summed E-state index contributed by atoms with van der Waals surface area (Å²) in [6.45, 7) is 9.91. The number of phenols is 2. The average molecular weight is 392 g/mol. The van der Waals surface area contributed by atoms with Crippen LogP contribution in [0.25, 0.3) is 16.5 Å². The number of fused-ring (bicyclic) bond motifs is 2. The molecule has 0 bridgehead atoms. The Morgan fingerprint density at radius 1 is 1.03 bits per heavy atom. The lowest BCUT2D eigenvalue weighted by Gasteiger charge is -2.25. The summed E-state index contributed by atoms with van der Waals surface area (Å²) in [5.74, 6) is -1.15. The molecule has 4 nitrogen and oxygen atoms in total. The average Bonchev–Trinajstić information content (AvgIpc) is 2.59. The zero-order valence-corrected chi connectivity index (χ0v) is 17.6. The molecular weight excluding hydrogens is 364 g/mol. The Morgan fingerprint density at radius 3 is 2.31 bits per heavy atom. The summed E-state index contributed by atoms with van der Waals surface area (Å²) in [6.07, 6.45) is 6.40. The van der Waals surface area contributed by atoms with Gasteiger partial charge in [0.15, 0.2) is 5.78 Å². The molecule has 0 aliphatic heterocycles. The second kappa shape index (κ2) is 7.78. The van der Waals surface area contributed by atoms with Gasteiger partial charge in [-0.3, -0.25) is 4.79 Å². The maximum absolute atomic E-state index is 12.7. The molecule has 0 saturated heterocycles. The molecule has 1 aliphatic carbocycles. The lowest BCUT2D eigenvalue weighted by Crippen LogP contribution is -2.17. The van der Waals surface area contributed by atoms with Gasteiger partial charge in [0.05, 0.1) is 16.9 Å². The molecular formula is C25H28O4. The van der Waals surface area contributed by atoms with E-state index in [1.807, 2.05) is 46.8 Å². The maximum Gasteiger partial charge on any atom is 0.167 e. The van der Waals surface area contributed by atoms with E-state index in [9.17, 15) is 20.1 Å². The van der Waals surface area contributed by atoms with Gasteiger partial charge < -0.3 is 15.3 Å². The van der Waals surface area contributed by atoms with Gasteiger partial charge in [0.2, 0.25) is 0 Å². The number of benzene rings is 2. The first-order chi connectivity index (χ1) is 13.6. The van der Waals surface area contributed by atoms with Crippen LogP contribution >= 0.6 is 0 Å². The molecule has 3 N–H and O–H groups in total. The van der Waals surface area contributed by atoms with Gasteiger partial charge in [0, 0.05) is 6.08 Å². The number of aliphatic hydroxyl groups excluding tert-OH is 1. The van der Waals surface area contributed by atoms with Crippen LogP contribution in [-0.4, -0.2) is 21.1 Å². The number of carbonyl (C=O) groups is 1. The normalized spacial score (nSPS) is 15.7. The smallest absolute Gasteiger partial charge is 0.167 e. The molecule has 0 radical (unpaired) electrons. The number of hydrogen-bond donors (Lipinski definition) is 3. The van der Waals surface area contributed by atoms with Crippen LogP contribution in [0.4, 0.5) is 0 Å². The Kier molecular flexibility index (Phi) is 5.56. The van der Waals surface area contributed by atoms with Crippen molar-refractivity contribution in [1.82, 2.24) is 0 Å². The van der Waals surface area contributed by atoms with Crippen LogP contribution in [-0.2, 0) is 11.2 Å². The van der Waals surface area contributed by atoms with Crippen LogP contribution in [0, 0.1) is 6.92 Å². The van der Waals surface area contributed by atoms with Crippen molar-refractivity contribution in [2.45, 2.75) is 53.4 Å². The monoisotopic (exact) mass is 392 g/mol. The zero-order valence-electron chi connectivity index (χ0n) is 17.6. The molecule has 1 atom stereocenters. The van der Waals surface area contributed by atoms with Crippen LogP contribution in [0.15, 0.2) is 41.5 Å². The van der Waals surface area contributed by atoms with Crippen molar-refractivity contribution >= 4 is 22.3 Å². The van der Waals surface area contributed by atoms with E-state index in [4.69, 9.17) is 0 Å². The molecule has 152 valence electrons. The third-order valence-electron chi connectivity index (χ3n) is 5.47. The Bertz CT molecular complexity index is 1090. The summed E-state index contributed by atoms with van der Waals surface area (Å²) in [6, 6.07) is 3.49. The quantitative estimate of drug-likeness (QED) is 0.559. The van der Waals surface area contributed by atoms with Crippen molar-refractivity contribution in [1.29, 1.82) is 0 Å². The van der Waals surface area contributed by atoms with Crippen LogP contribution in [0.3, 0.4) is 0 Å². The molecule has 29 heavy (non-hydrogen) atoms. The number of aryl methyl sites for hydroxylation is 1. The molecule has 0 unspecified atom stereocenters. The van der Waals surface area contributed by atoms with Gasteiger partial charge in [-0.25, -0.2) is 0 Å². The third-order valence-corrected chi connectivity index (χ3v) is 5.47. The first kappa shape index (κ1) is 20.7. The maximum atomic E-state index is 12.7. The first-order valence-electron chi connectivity index (χ1n) is 9.84. The zero-order chi connectivity index (χ0) is 21.5. The van der Waals surface area contributed by atoms with Gasteiger partial charge in [-0.15, -0.1) is 0 Å². The third kappa shape index (κ3) is 3.80. The molecule has 0 amide bonds. The number of rotatable bonds is 4. The summed E-state index contributed by atoms with van der Waals surface area (Å²) in [5.41, 5.74) is 5.00. The minimum Gasteiger partial charge on any atom is -0.507 e. The largest absolute Gasteiger partial charge is 0.507 e. The first-order valence-corrected chi connectivity index (χ1v) is 9.84. The van der Waals surface area contributed by atoms with Crippen LogP contribution < -0.4 is 0 Å². The molecule has 3 rings (SSSR count). The van der Waals surface area contributed by atoms with Crippen molar-refractivity contribution in [3.63, 3.8) is 0 Å². The van der Waals surface area contributed by atoms with Crippen LogP contribution in [0.5, 0.6) is 11.5 Å². The molecule has 2 aromatic rings. The van der Waals surface area contributed by atoms with Crippen molar-refractivity contribution in [3.8, 4) is 11.5 Å². The fourth-order valence-corrected chi connectivity index (χ4v) is 3.94. The standard InChI is InChI=1S/C25H28O4/c1-13(2)6-8-16-15(5)10-21(27)23-18(16)11-19-17(9-7-14(3)4)20(26)12-22(28)24(19)25(23)29/h6-7,10-12,17,27-29H,8-9H2,1-5H3/t17-/m0/s1. The minimum atomic E-state index is -0.481. The van der Waals surface area contributed by atoms with E-state index in [2.05, 4.69) is 6.08 Å². The van der Waals surface area contributed by atoms with Gasteiger partial charge in [0.25, 0.3) is 0 Å². The van der Waals surface area contributed by atoms with Gasteiger partial charge in [-0.05, 0) is 81.7 Å². The summed E-state index contributed by atoms with van der Waals surface area (Å²) in [4.78, 5) is 12.7. The fraction of sp³-hybridized carbons (Fsp3) is 0.320. The number of aromatic hydroxyl groups is 2. The van der Waals surface area contributed by atoms with E-state index in [0.29, 0.717) is 29.2 Å². The Balaban J connectivity index is 2.36. The Morgan fingerprint density at radius 2 is 1.69 bits per heavy atom. The highest BCUT2D eigenvalue weighted by Gasteiger charge is 2.32. The van der Waals surface area contributed by atoms with Crippen LogP contribution in [0.2, 0.25) is 0 Å². The van der Waals surface area contributed by atoms with Gasteiger partial charge >= 0.3 is 0 Å². The van der Waals surface area contributed by atoms with E-state index < -0.39 is 5.92 Å². The SMILES string of the molecule is CC(C)=CCc1c(C)cc(O)c2c(O)c3c(cc12)[C@H](CC=C(C)C)C(=O)C=C3O. The van der Waals surface area contributed by atoms with Crippen molar-refractivity contribution in [3.05, 3.63) is 63.8 Å². The van der Waals surface area contributed by atoms with E-state index in [0.717, 1.165) is 16.7 Å². The highest BCUT2D eigenvalue weighted by molar-refractivity contribution is 6.09. The van der Waals surface area contributed by atoms with Gasteiger partial charge in [-0.1, -0.05) is 23.3 Å². The fourth-order valence-electron chi connectivity index (χ4n) is 3.94. The molecule has 0 fully saturated rings. The second-order valence-corrected chi connectivity index (χ2v) is 8.29. The summed E-state index contributed by atoms with van der Waals surface area (Å²) in [5, 5.41) is 33.0. The number of hydrogen-bond acceptors (Lipinski definition) is 4. The number of phenolic OH excluding ortho intramolecular Hbond substituents is 2. The summed E-state index contributed by atoms with van der Waals surface area (Å²) < 4.78 is 0.